The molecule has 1 aromatic carbocycles. The second-order valence-corrected chi connectivity index (χ2v) is 6.22. The van der Waals surface area contributed by atoms with Gasteiger partial charge in [-0.25, -0.2) is 0 Å². The maximum atomic E-state index is 5.44. The Morgan fingerprint density at radius 3 is 2.85 bits per heavy atom. The van der Waals surface area contributed by atoms with Crippen LogP contribution in [-0.4, -0.2) is 44.2 Å². The molecule has 3 unspecified atom stereocenters. The molecule has 20 heavy (non-hydrogen) atoms. The van der Waals surface area contributed by atoms with Crippen molar-refractivity contribution in [2.24, 2.45) is 5.92 Å². The fourth-order valence-electron chi connectivity index (χ4n) is 3.23. The quantitative estimate of drug-likeness (QED) is 0.894. The van der Waals surface area contributed by atoms with Crippen molar-refractivity contribution in [1.29, 1.82) is 0 Å². The van der Waals surface area contributed by atoms with Crippen LogP contribution >= 0.6 is 0 Å². The van der Waals surface area contributed by atoms with Crippen LogP contribution in [0.1, 0.15) is 25.8 Å². The van der Waals surface area contributed by atoms with Crippen molar-refractivity contribution in [3.8, 4) is 5.75 Å². The van der Waals surface area contributed by atoms with Crippen LogP contribution in [0.15, 0.2) is 24.3 Å². The van der Waals surface area contributed by atoms with E-state index >= 15 is 0 Å². The third kappa shape index (κ3) is 3.97. The molecular weight excluding hydrogens is 248 g/mol. The zero-order valence-corrected chi connectivity index (χ0v) is 13.2. The van der Waals surface area contributed by atoms with Crippen molar-refractivity contribution >= 4 is 0 Å². The van der Waals surface area contributed by atoms with Crippen molar-refractivity contribution in [3.63, 3.8) is 0 Å². The molecular formula is C17H28N2O. The standard InChI is InChI=1S/C17H28N2O/c1-13-12-19(3)10-9-16(13)18-14(2)11-15-7-5-6-8-17(15)20-4/h5-8,13-14,16,18H,9-12H2,1-4H3. The van der Waals surface area contributed by atoms with Crippen LogP contribution in [0.2, 0.25) is 0 Å². The number of ether oxygens (including phenoxy) is 1. The minimum atomic E-state index is 0.474. The zero-order chi connectivity index (χ0) is 14.5. The number of likely N-dealkylation sites (tertiary alicyclic amines) is 1. The molecule has 1 heterocycles. The van der Waals surface area contributed by atoms with E-state index in [-0.39, 0.29) is 0 Å². The largest absolute Gasteiger partial charge is 0.496 e. The minimum Gasteiger partial charge on any atom is -0.496 e. The van der Waals surface area contributed by atoms with Gasteiger partial charge in [0.05, 0.1) is 7.11 Å². The molecule has 1 saturated heterocycles. The normalized spacial score (nSPS) is 25.4. The van der Waals surface area contributed by atoms with Crippen molar-refractivity contribution in [2.45, 2.75) is 38.8 Å². The highest BCUT2D eigenvalue weighted by Crippen LogP contribution is 2.20. The van der Waals surface area contributed by atoms with Crippen molar-refractivity contribution in [3.05, 3.63) is 29.8 Å². The van der Waals surface area contributed by atoms with Crippen molar-refractivity contribution < 1.29 is 4.74 Å². The lowest BCUT2D eigenvalue weighted by atomic mass is 9.93. The summed E-state index contributed by atoms with van der Waals surface area (Å²) in [6.45, 7) is 7.02. The molecule has 0 radical (unpaired) electrons. The molecule has 0 spiro atoms. The molecule has 112 valence electrons. The van der Waals surface area contributed by atoms with E-state index in [1.807, 2.05) is 12.1 Å². The average molecular weight is 276 g/mol. The highest BCUT2D eigenvalue weighted by atomic mass is 16.5. The second-order valence-electron chi connectivity index (χ2n) is 6.22. The van der Waals surface area contributed by atoms with Gasteiger partial charge < -0.3 is 15.0 Å². The van der Waals surface area contributed by atoms with Gasteiger partial charge in [0.25, 0.3) is 0 Å². The smallest absolute Gasteiger partial charge is 0.122 e. The van der Waals surface area contributed by atoms with Gasteiger partial charge in [-0.3, -0.25) is 0 Å². The monoisotopic (exact) mass is 276 g/mol. The number of hydrogen-bond donors (Lipinski definition) is 1. The molecule has 0 aliphatic carbocycles. The SMILES string of the molecule is COc1ccccc1CC(C)NC1CCN(C)CC1C. The number of benzene rings is 1. The maximum absolute atomic E-state index is 5.44. The first-order valence-electron chi connectivity index (χ1n) is 7.66. The fourth-order valence-corrected chi connectivity index (χ4v) is 3.23. The maximum Gasteiger partial charge on any atom is 0.122 e. The molecule has 3 heteroatoms. The summed E-state index contributed by atoms with van der Waals surface area (Å²) in [6.07, 6.45) is 2.26. The lowest BCUT2D eigenvalue weighted by Gasteiger charge is -2.37. The summed E-state index contributed by atoms with van der Waals surface area (Å²) in [6, 6.07) is 9.43. The molecule has 1 aliphatic heterocycles. The number of para-hydroxylation sites is 1. The predicted molar refractivity (Wildman–Crippen MR) is 84.4 cm³/mol. The molecule has 1 N–H and O–H groups in total. The topological polar surface area (TPSA) is 24.5 Å². The van der Waals surface area contributed by atoms with E-state index < -0.39 is 0 Å². The summed E-state index contributed by atoms with van der Waals surface area (Å²) in [7, 11) is 3.96. The van der Waals surface area contributed by atoms with E-state index in [1.165, 1.54) is 25.1 Å². The van der Waals surface area contributed by atoms with Crippen LogP contribution < -0.4 is 10.1 Å². The van der Waals surface area contributed by atoms with Gasteiger partial charge in [0, 0.05) is 18.6 Å². The number of piperidine rings is 1. The van der Waals surface area contributed by atoms with E-state index in [2.05, 4.69) is 43.2 Å². The van der Waals surface area contributed by atoms with E-state index in [0.717, 1.165) is 12.2 Å². The van der Waals surface area contributed by atoms with Gasteiger partial charge in [-0.2, -0.15) is 0 Å². The van der Waals surface area contributed by atoms with Crippen LogP contribution in [0.25, 0.3) is 0 Å². The van der Waals surface area contributed by atoms with Gasteiger partial charge in [-0.05, 0) is 50.9 Å². The average Bonchev–Trinajstić information content (AvgIpc) is 2.42. The lowest BCUT2D eigenvalue weighted by molar-refractivity contribution is 0.167. The molecule has 0 bridgehead atoms. The Hall–Kier alpha value is -1.06. The van der Waals surface area contributed by atoms with Crippen LogP contribution in [0.3, 0.4) is 0 Å². The highest BCUT2D eigenvalue weighted by Gasteiger charge is 2.25. The molecule has 0 aromatic heterocycles. The first-order chi connectivity index (χ1) is 9.60. The van der Waals surface area contributed by atoms with Crippen LogP contribution in [0.4, 0.5) is 0 Å². The fraction of sp³-hybridized carbons (Fsp3) is 0.647. The van der Waals surface area contributed by atoms with Gasteiger partial charge >= 0.3 is 0 Å². The number of hydrogen-bond acceptors (Lipinski definition) is 3. The Morgan fingerprint density at radius 1 is 1.40 bits per heavy atom. The summed E-state index contributed by atoms with van der Waals surface area (Å²) in [5.74, 6) is 1.71. The third-order valence-corrected chi connectivity index (χ3v) is 4.33. The molecule has 3 atom stereocenters. The Kier molecular flexibility index (Phi) is 5.44. The Morgan fingerprint density at radius 2 is 2.15 bits per heavy atom. The molecule has 1 aliphatic rings. The van der Waals surface area contributed by atoms with Crippen molar-refractivity contribution in [1.82, 2.24) is 10.2 Å². The minimum absolute atomic E-state index is 0.474. The summed E-state index contributed by atoms with van der Waals surface area (Å²) in [4.78, 5) is 2.42. The molecule has 1 aromatic rings. The number of methoxy groups -OCH3 is 1. The lowest BCUT2D eigenvalue weighted by Crippen LogP contribution is -2.50. The number of nitrogens with one attached hydrogen (secondary N) is 1. The van der Waals surface area contributed by atoms with Gasteiger partial charge in [-0.1, -0.05) is 25.1 Å². The van der Waals surface area contributed by atoms with Gasteiger partial charge in [0.2, 0.25) is 0 Å². The summed E-state index contributed by atoms with van der Waals surface area (Å²) in [5, 5.41) is 3.81. The molecule has 2 rings (SSSR count). The summed E-state index contributed by atoms with van der Waals surface area (Å²) < 4.78 is 5.44. The van der Waals surface area contributed by atoms with Crippen LogP contribution in [0.5, 0.6) is 5.75 Å². The first kappa shape index (κ1) is 15.3. The highest BCUT2D eigenvalue weighted by molar-refractivity contribution is 5.33. The van der Waals surface area contributed by atoms with E-state index in [9.17, 15) is 0 Å². The van der Waals surface area contributed by atoms with E-state index in [4.69, 9.17) is 4.74 Å². The molecule has 1 fully saturated rings. The van der Waals surface area contributed by atoms with E-state index in [1.54, 1.807) is 7.11 Å². The van der Waals surface area contributed by atoms with Gasteiger partial charge in [-0.15, -0.1) is 0 Å². The molecule has 3 nitrogen and oxygen atoms in total. The predicted octanol–water partition coefficient (Wildman–Crippen LogP) is 2.56. The Labute approximate surface area is 123 Å². The summed E-state index contributed by atoms with van der Waals surface area (Å²) in [5.41, 5.74) is 1.29. The third-order valence-electron chi connectivity index (χ3n) is 4.33. The summed E-state index contributed by atoms with van der Waals surface area (Å²) >= 11 is 0. The number of rotatable bonds is 5. The molecule has 0 amide bonds. The van der Waals surface area contributed by atoms with E-state index in [0.29, 0.717) is 18.0 Å². The van der Waals surface area contributed by atoms with Crippen LogP contribution in [-0.2, 0) is 6.42 Å². The molecule has 0 saturated carbocycles. The van der Waals surface area contributed by atoms with Gasteiger partial charge in [0.15, 0.2) is 0 Å². The van der Waals surface area contributed by atoms with Crippen molar-refractivity contribution in [2.75, 3.05) is 27.2 Å². The second kappa shape index (κ2) is 7.09. The Balaban J connectivity index is 1.90. The first-order valence-corrected chi connectivity index (χ1v) is 7.66. The van der Waals surface area contributed by atoms with Gasteiger partial charge in [0.1, 0.15) is 5.75 Å². The number of nitrogens with zero attached hydrogens (tertiary/aromatic N) is 1. The zero-order valence-electron chi connectivity index (χ0n) is 13.2. The Bertz CT molecular complexity index is 421. The van der Waals surface area contributed by atoms with Crippen LogP contribution in [0, 0.1) is 5.92 Å².